The van der Waals surface area contributed by atoms with E-state index < -0.39 is 12.4 Å². The number of benzene rings is 1. The van der Waals surface area contributed by atoms with Crippen LogP contribution in [0.15, 0.2) is 12.1 Å². The molecule has 0 spiro atoms. The number of phenols is 1. The summed E-state index contributed by atoms with van der Waals surface area (Å²) >= 11 is 0. The first-order valence-corrected chi connectivity index (χ1v) is 3.35. The third-order valence-electron chi connectivity index (χ3n) is 1.51. The minimum Gasteiger partial charge on any atom is -0.504 e. The molecule has 0 aromatic heterocycles. The van der Waals surface area contributed by atoms with Crippen molar-refractivity contribution in [3.63, 3.8) is 0 Å². The Balaban J connectivity index is 3.22. The quantitative estimate of drug-likeness (QED) is 0.700. The van der Waals surface area contributed by atoms with Gasteiger partial charge in [0.05, 0.1) is 13.7 Å². The highest BCUT2D eigenvalue weighted by Crippen LogP contribution is 2.30. The Morgan fingerprint density at radius 3 is 2.67 bits per heavy atom. The molecule has 1 rings (SSSR count). The summed E-state index contributed by atoms with van der Waals surface area (Å²) in [5, 5.41) is 17.9. The fraction of sp³-hybridized carbons (Fsp3) is 0.250. The number of hydrogen-bond acceptors (Lipinski definition) is 3. The summed E-state index contributed by atoms with van der Waals surface area (Å²) in [4.78, 5) is 0. The number of aliphatic hydroxyl groups is 1. The Labute approximate surface area is 69.0 Å². The normalized spacial score (nSPS) is 9.92. The van der Waals surface area contributed by atoms with Crippen molar-refractivity contribution in [1.82, 2.24) is 0 Å². The van der Waals surface area contributed by atoms with Gasteiger partial charge in [-0.1, -0.05) is 0 Å². The molecule has 0 saturated carbocycles. The van der Waals surface area contributed by atoms with Crippen LogP contribution in [0.5, 0.6) is 11.5 Å². The summed E-state index contributed by atoms with van der Waals surface area (Å²) in [5.74, 6) is -0.742. The monoisotopic (exact) mass is 172 g/mol. The van der Waals surface area contributed by atoms with Crippen molar-refractivity contribution >= 4 is 0 Å². The van der Waals surface area contributed by atoms with Gasteiger partial charge in [0, 0.05) is 11.6 Å². The van der Waals surface area contributed by atoms with Crippen molar-refractivity contribution in [2.24, 2.45) is 0 Å². The second-order valence-electron chi connectivity index (χ2n) is 2.27. The summed E-state index contributed by atoms with van der Waals surface area (Å²) in [6.45, 7) is -0.417. The second kappa shape index (κ2) is 3.40. The van der Waals surface area contributed by atoms with Gasteiger partial charge in [-0.05, 0) is 6.07 Å². The fourth-order valence-electron chi connectivity index (χ4n) is 0.904. The lowest BCUT2D eigenvalue weighted by molar-refractivity contribution is 0.271. The first-order chi connectivity index (χ1) is 5.69. The molecular formula is C8H9FO3. The van der Waals surface area contributed by atoms with Crippen LogP contribution in [0.25, 0.3) is 0 Å². The van der Waals surface area contributed by atoms with Crippen molar-refractivity contribution < 1.29 is 19.3 Å². The molecule has 1 aromatic carbocycles. The maximum Gasteiger partial charge on any atom is 0.163 e. The minimum atomic E-state index is -0.547. The zero-order chi connectivity index (χ0) is 9.14. The highest BCUT2D eigenvalue weighted by molar-refractivity contribution is 5.45. The Bertz CT molecular complexity index is 261. The third-order valence-corrected chi connectivity index (χ3v) is 1.51. The van der Waals surface area contributed by atoms with Gasteiger partial charge in [-0.15, -0.1) is 0 Å². The predicted molar refractivity (Wildman–Crippen MR) is 40.5 cm³/mol. The average molecular weight is 172 g/mol. The van der Waals surface area contributed by atoms with Gasteiger partial charge in [0.1, 0.15) is 5.82 Å². The lowest BCUT2D eigenvalue weighted by Crippen LogP contribution is -1.91. The summed E-state index contributed by atoms with van der Waals surface area (Å²) < 4.78 is 17.3. The van der Waals surface area contributed by atoms with E-state index in [1.807, 2.05) is 0 Å². The summed E-state index contributed by atoms with van der Waals surface area (Å²) in [6, 6.07) is 2.10. The molecule has 0 aliphatic carbocycles. The van der Waals surface area contributed by atoms with Crippen LogP contribution in [-0.2, 0) is 6.61 Å². The maximum absolute atomic E-state index is 12.7. The van der Waals surface area contributed by atoms with Gasteiger partial charge in [0.2, 0.25) is 0 Å². The van der Waals surface area contributed by atoms with Gasteiger partial charge in [-0.2, -0.15) is 0 Å². The molecule has 0 saturated heterocycles. The third kappa shape index (κ3) is 1.48. The molecular weight excluding hydrogens is 163 g/mol. The minimum absolute atomic E-state index is 0.0269. The molecule has 4 heteroatoms. The summed E-state index contributed by atoms with van der Waals surface area (Å²) in [6.07, 6.45) is 0. The number of aromatic hydroxyl groups is 1. The number of aliphatic hydroxyl groups excluding tert-OH is 1. The zero-order valence-electron chi connectivity index (χ0n) is 6.54. The average Bonchev–Trinajstić information content (AvgIpc) is 2.08. The number of rotatable bonds is 2. The lowest BCUT2D eigenvalue weighted by Gasteiger charge is -2.06. The van der Waals surface area contributed by atoms with E-state index in [9.17, 15) is 9.50 Å². The van der Waals surface area contributed by atoms with Crippen molar-refractivity contribution in [1.29, 1.82) is 0 Å². The van der Waals surface area contributed by atoms with E-state index in [0.29, 0.717) is 0 Å². The van der Waals surface area contributed by atoms with E-state index >= 15 is 0 Å². The van der Waals surface area contributed by atoms with Crippen LogP contribution in [-0.4, -0.2) is 17.3 Å². The van der Waals surface area contributed by atoms with Crippen LogP contribution < -0.4 is 4.74 Å². The first-order valence-electron chi connectivity index (χ1n) is 3.35. The fourth-order valence-corrected chi connectivity index (χ4v) is 0.904. The smallest absolute Gasteiger partial charge is 0.163 e. The molecule has 0 atom stereocenters. The SMILES string of the molecule is COc1cc(F)cc(CO)c1O. The van der Waals surface area contributed by atoms with Gasteiger partial charge in [-0.25, -0.2) is 4.39 Å². The summed E-state index contributed by atoms with van der Waals surface area (Å²) in [7, 11) is 1.32. The standard InChI is InChI=1S/C8H9FO3/c1-12-7-3-6(9)2-5(4-10)8(7)11/h2-3,10-11H,4H2,1H3. The highest BCUT2D eigenvalue weighted by atomic mass is 19.1. The molecule has 0 heterocycles. The van der Waals surface area contributed by atoms with Gasteiger partial charge in [0.25, 0.3) is 0 Å². The van der Waals surface area contributed by atoms with E-state index in [2.05, 4.69) is 4.74 Å². The largest absolute Gasteiger partial charge is 0.504 e. The van der Waals surface area contributed by atoms with Gasteiger partial charge < -0.3 is 14.9 Å². The van der Waals surface area contributed by atoms with Crippen LogP contribution in [0.3, 0.4) is 0 Å². The number of hydrogen-bond donors (Lipinski definition) is 2. The molecule has 3 nitrogen and oxygen atoms in total. The zero-order valence-corrected chi connectivity index (χ0v) is 6.54. The molecule has 0 fully saturated rings. The molecule has 12 heavy (non-hydrogen) atoms. The van der Waals surface area contributed by atoms with Gasteiger partial charge in [0.15, 0.2) is 11.5 Å². The topological polar surface area (TPSA) is 49.7 Å². The molecule has 66 valence electrons. The van der Waals surface area contributed by atoms with Crippen molar-refractivity contribution in [2.45, 2.75) is 6.61 Å². The maximum atomic E-state index is 12.7. The van der Waals surface area contributed by atoms with E-state index in [4.69, 9.17) is 5.11 Å². The molecule has 0 aliphatic rings. The Morgan fingerprint density at radius 1 is 1.50 bits per heavy atom. The Kier molecular flexibility index (Phi) is 2.50. The van der Waals surface area contributed by atoms with Crippen LogP contribution in [0.4, 0.5) is 4.39 Å². The molecule has 0 aliphatic heterocycles. The van der Waals surface area contributed by atoms with Crippen molar-refractivity contribution in [3.05, 3.63) is 23.5 Å². The second-order valence-corrected chi connectivity index (χ2v) is 2.27. The highest BCUT2D eigenvalue weighted by Gasteiger charge is 2.08. The Morgan fingerprint density at radius 2 is 2.17 bits per heavy atom. The number of methoxy groups -OCH3 is 1. The molecule has 2 N–H and O–H groups in total. The molecule has 1 aromatic rings. The molecule has 0 radical (unpaired) electrons. The Hall–Kier alpha value is -1.29. The van der Waals surface area contributed by atoms with Crippen LogP contribution in [0.1, 0.15) is 5.56 Å². The van der Waals surface area contributed by atoms with Crippen LogP contribution in [0.2, 0.25) is 0 Å². The predicted octanol–water partition coefficient (Wildman–Crippen LogP) is 1.03. The number of halogens is 1. The van der Waals surface area contributed by atoms with Crippen molar-refractivity contribution in [3.8, 4) is 11.5 Å². The van der Waals surface area contributed by atoms with Crippen molar-refractivity contribution in [2.75, 3.05) is 7.11 Å². The van der Waals surface area contributed by atoms with E-state index in [0.717, 1.165) is 12.1 Å². The van der Waals surface area contributed by atoms with Crippen LogP contribution in [0, 0.1) is 5.82 Å². The van der Waals surface area contributed by atoms with E-state index in [-0.39, 0.29) is 17.1 Å². The first kappa shape index (κ1) is 8.80. The molecule has 0 amide bonds. The van der Waals surface area contributed by atoms with Gasteiger partial charge in [-0.3, -0.25) is 0 Å². The van der Waals surface area contributed by atoms with E-state index in [1.165, 1.54) is 7.11 Å². The molecule has 0 unspecified atom stereocenters. The molecule has 0 bridgehead atoms. The van der Waals surface area contributed by atoms with Gasteiger partial charge >= 0.3 is 0 Å². The summed E-state index contributed by atoms with van der Waals surface area (Å²) in [5.41, 5.74) is 0.117. The number of ether oxygens (including phenoxy) is 1. The van der Waals surface area contributed by atoms with E-state index in [1.54, 1.807) is 0 Å². The lowest BCUT2D eigenvalue weighted by atomic mass is 10.2. The van der Waals surface area contributed by atoms with Crippen LogP contribution >= 0.6 is 0 Å².